The van der Waals surface area contributed by atoms with Gasteiger partial charge < -0.3 is 15.0 Å². The standard InChI is InChI=1S/C34H34N2O4/c1-3-5-6-11-22-16-18-24(19-17-22)31(37)29-30(32(38)40-4-2)36-27-15-10-7-12-23(27)20-21-28(36)34(29)25-13-8-9-14-26(25)35-33(34)39/h7-10,12-21,28-30H,3-6,11H2,1-2H3,(H,35,39). The fourth-order valence-electron chi connectivity index (χ4n) is 6.91. The van der Waals surface area contributed by atoms with Gasteiger partial charge in [0, 0.05) is 16.9 Å². The number of ketones is 1. The Bertz CT molecular complexity index is 1490. The molecule has 6 rings (SSSR count). The van der Waals surface area contributed by atoms with E-state index in [4.69, 9.17) is 4.74 Å². The number of rotatable bonds is 8. The first-order chi connectivity index (χ1) is 19.5. The largest absolute Gasteiger partial charge is 0.464 e. The lowest BCUT2D eigenvalue weighted by molar-refractivity contribution is -0.145. The van der Waals surface area contributed by atoms with Crippen molar-refractivity contribution in [3.63, 3.8) is 0 Å². The Morgan fingerprint density at radius 3 is 2.48 bits per heavy atom. The summed E-state index contributed by atoms with van der Waals surface area (Å²) >= 11 is 0. The van der Waals surface area contributed by atoms with Crippen molar-refractivity contribution in [1.29, 1.82) is 0 Å². The van der Waals surface area contributed by atoms with Gasteiger partial charge in [0.1, 0.15) is 11.5 Å². The van der Waals surface area contributed by atoms with E-state index < -0.39 is 29.4 Å². The van der Waals surface area contributed by atoms with Gasteiger partial charge in [-0.05, 0) is 48.6 Å². The number of carbonyl (C=O) groups excluding carboxylic acids is 3. The van der Waals surface area contributed by atoms with Crippen molar-refractivity contribution in [3.8, 4) is 0 Å². The molecule has 3 aliphatic heterocycles. The number of amides is 1. The number of aryl methyl sites for hydroxylation is 1. The third-order valence-corrected chi connectivity index (χ3v) is 8.66. The molecular formula is C34H34N2O4. The van der Waals surface area contributed by atoms with Crippen LogP contribution in [0.4, 0.5) is 11.4 Å². The lowest BCUT2D eigenvalue weighted by Gasteiger charge is -2.37. The number of nitrogens with zero attached hydrogens (tertiary/aromatic N) is 1. The van der Waals surface area contributed by atoms with Crippen LogP contribution < -0.4 is 10.2 Å². The highest BCUT2D eigenvalue weighted by molar-refractivity contribution is 6.16. The molecule has 1 saturated heterocycles. The SMILES string of the molecule is CCCCCc1ccc(C(=O)C2C(C(=O)OCC)N3c4ccccc4C=CC3C23C(=O)Nc2ccccc23)cc1. The molecule has 3 aromatic carbocycles. The van der Waals surface area contributed by atoms with Gasteiger partial charge in [-0.2, -0.15) is 0 Å². The van der Waals surface area contributed by atoms with Crippen LogP contribution >= 0.6 is 0 Å². The van der Waals surface area contributed by atoms with Crippen LogP contribution in [0.1, 0.15) is 60.2 Å². The minimum absolute atomic E-state index is 0.175. The predicted molar refractivity (Wildman–Crippen MR) is 156 cm³/mol. The molecule has 3 aromatic rings. The van der Waals surface area contributed by atoms with Crippen LogP contribution in [0, 0.1) is 5.92 Å². The van der Waals surface area contributed by atoms with E-state index in [2.05, 4.69) is 12.2 Å². The molecule has 1 amide bonds. The molecular weight excluding hydrogens is 500 g/mol. The average Bonchev–Trinajstić information content (AvgIpc) is 3.46. The Hall–Kier alpha value is -4.19. The highest BCUT2D eigenvalue weighted by atomic mass is 16.5. The van der Waals surface area contributed by atoms with E-state index >= 15 is 0 Å². The molecule has 0 bridgehead atoms. The number of benzene rings is 3. The second-order valence-electron chi connectivity index (χ2n) is 10.8. The first kappa shape index (κ1) is 26.1. The Morgan fingerprint density at radius 2 is 1.70 bits per heavy atom. The van der Waals surface area contributed by atoms with Crippen molar-refractivity contribution >= 4 is 35.1 Å². The zero-order valence-corrected chi connectivity index (χ0v) is 22.9. The average molecular weight is 535 g/mol. The zero-order chi connectivity index (χ0) is 27.9. The van der Waals surface area contributed by atoms with Gasteiger partial charge in [0.25, 0.3) is 0 Å². The summed E-state index contributed by atoms with van der Waals surface area (Å²) in [6, 6.07) is 21.5. The Labute approximate surface area is 235 Å². The van der Waals surface area contributed by atoms with E-state index in [0.29, 0.717) is 11.3 Å². The summed E-state index contributed by atoms with van der Waals surface area (Å²) < 4.78 is 5.62. The van der Waals surface area contributed by atoms with Gasteiger partial charge in [-0.1, -0.05) is 92.6 Å². The number of esters is 1. The molecule has 4 unspecified atom stereocenters. The maximum atomic E-state index is 14.7. The smallest absolute Gasteiger partial charge is 0.329 e. The molecule has 3 aliphatic rings. The molecule has 0 saturated carbocycles. The first-order valence-corrected chi connectivity index (χ1v) is 14.3. The fourth-order valence-corrected chi connectivity index (χ4v) is 6.91. The number of hydrogen-bond donors (Lipinski definition) is 1. The number of Topliss-reactive ketones (excluding diaryl/α,β-unsaturated/α-hetero) is 1. The minimum atomic E-state index is -1.31. The lowest BCUT2D eigenvalue weighted by atomic mass is 9.64. The second-order valence-corrected chi connectivity index (χ2v) is 10.8. The fraction of sp³-hybridized carbons (Fsp3) is 0.324. The topological polar surface area (TPSA) is 75.7 Å². The van der Waals surface area contributed by atoms with Gasteiger partial charge in [-0.3, -0.25) is 9.59 Å². The zero-order valence-electron chi connectivity index (χ0n) is 22.9. The molecule has 1 N–H and O–H groups in total. The molecule has 0 radical (unpaired) electrons. The van der Waals surface area contributed by atoms with Crippen LogP contribution in [0.15, 0.2) is 78.9 Å². The van der Waals surface area contributed by atoms with E-state index in [1.165, 1.54) is 5.56 Å². The summed E-state index contributed by atoms with van der Waals surface area (Å²) in [5, 5.41) is 3.05. The quantitative estimate of drug-likeness (QED) is 0.219. The Balaban J connectivity index is 1.53. The molecule has 6 heteroatoms. The molecule has 4 atom stereocenters. The number of para-hydroxylation sites is 2. The molecule has 204 valence electrons. The monoisotopic (exact) mass is 534 g/mol. The summed E-state index contributed by atoms with van der Waals surface area (Å²) in [5.74, 6) is -2.00. The number of fused-ring (bicyclic) bond motifs is 6. The Kier molecular flexibility index (Phi) is 6.78. The van der Waals surface area contributed by atoms with Gasteiger partial charge in [0.2, 0.25) is 5.91 Å². The Morgan fingerprint density at radius 1 is 0.950 bits per heavy atom. The van der Waals surface area contributed by atoms with E-state index in [-0.39, 0.29) is 18.3 Å². The summed E-state index contributed by atoms with van der Waals surface area (Å²) in [4.78, 5) is 44.7. The van der Waals surface area contributed by atoms with Crippen molar-refractivity contribution in [1.82, 2.24) is 0 Å². The van der Waals surface area contributed by atoms with Gasteiger partial charge >= 0.3 is 5.97 Å². The summed E-state index contributed by atoms with van der Waals surface area (Å²) in [6.45, 7) is 4.11. The number of carbonyl (C=O) groups is 3. The second kappa shape index (κ2) is 10.4. The molecule has 0 aromatic heterocycles. The minimum Gasteiger partial charge on any atom is -0.464 e. The van der Waals surface area contributed by atoms with Gasteiger partial charge in [-0.15, -0.1) is 0 Å². The number of ether oxygens (including phenoxy) is 1. The van der Waals surface area contributed by atoms with E-state index in [0.717, 1.165) is 42.5 Å². The predicted octanol–water partition coefficient (Wildman–Crippen LogP) is 5.96. The highest BCUT2D eigenvalue weighted by Crippen LogP contribution is 2.57. The van der Waals surface area contributed by atoms with E-state index in [1.54, 1.807) is 6.92 Å². The summed E-state index contributed by atoms with van der Waals surface area (Å²) in [6.07, 6.45) is 8.32. The van der Waals surface area contributed by atoms with Crippen LogP contribution in [-0.2, 0) is 26.2 Å². The van der Waals surface area contributed by atoms with Crippen LogP contribution in [0.25, 0.3) is 6.08 Å². The van der Waals surface area contributed by atoms with E-state index in [9.17, 15) is 14.4 Å². The molecule has 1 spiro atoms. The molecule has 40 heavy (non-hydrogen) atoms. The van der Waals surface area contributed by atoms with Crippen molar-refractivity contribution in [2.45, 2.75) is 57.0 Å². The lowest BCUT2D eigenvalue weighted by Crippen LogP contribution is -2.51. The normalized spacial score (nSPS) is 23.9. The number of hydrogen-bond acceptors (Lipinski definition) is 5. The molecule has 6 nitrogen and oxygen atoms in total. The maximum Gasteiger partial charge on any atom is 0.329 e. The molecule has 1 fully saturated rings. The summed E-state index contributed by atoms with van der Waals surface area (Å²) in [5.41, 5.74) is 3.51. The van der Waals surface area contributed by atoms with Crippen molar-refractivity contribution in [3.05, 3.63) is 101 Å². The number of unbranched alkanes of at least 4 members (excludes halogenated alkanes) is 2. The third-order valence-electron chi connectivity index (χ3n) is 8.66. The van der Waals surface area contributed by atoms with Crippen LogP contribution in [-0.4, -0.2) is 36.4 Å². The van der Waals surface area contributed by atoms with Crippen LogP contribution in [0.5, 0.6) is 0 Å². The maximum absolute atomic E-state index is 14.7. The highest BCUT2D eigenvalue weighted by Gasteiger charge is 2.70. The van der Waals surface area contributed by atoms with Crippen molar-refractivity contribution < 1.29 is 19.1 Å². The van der Waals surface area contributed by atoms with Crippen LogP contribution in [0.3, 0.4) is 0 Å². The number of nitrogens with one attached hydrogen (secondary N) is 1. The number of anilines is 2. The van der Waals surface area contributed by atoms with Crippen LogP contribution in [0.2, 0.25) is 0 Å². The molecule has 3 heterocycles. The van der Waals surface area contributed by atoms with Gasteiger partial charge in [0.05, 0.1) is 18.6 Å². The summed E-state index contributed by atoms with van der Waals surface area (Å²) in [7, 11) is 0. The van der Waals surface area contributed by atoms with E-state index in [1.807, 2.05) is 89.8 Å². The van der Waals surface area contributed by atoms with Gasteiger partial charge in [-0.25, -0.2) is 4.79 Å². The van der Waals surface area contributed by atoms with Crippen molar-refractivity contribution in [2.24, 2.45) is 5.92 Å². The molecule has 0 aliphatic carbocycles. The third kappa shape index (κ3) is 3.88. The van der Waals surface area contributed by atoms with Crippen molar-refractivity contribution in [2.75, 3.05) is 16.8 Å². The van der Waals surface area contributed by atoms with Gasteiger partial charge in [0.15, 0.2) is 5.78 Å². The first-order valence-electron chi connectivity index (χ1n) is 14.3.